The van der Waals surface area contributed by atoms with Crippen LogP contribution in [-0.4, -0.2) is 95.8 Å². The Hall–Kier alpha value is -3.77. The first kappa shape index (κ1) is 24.9. The number of aliphatic hydroxyl groups is 2. The van der Waals surface area contributed by atoms with Crippen molar-refractivity contribution in [3.05, 3.63) is 42.5 Å². The largest absolute Gasteiger partial charge is 0.492 e. The average Bonchev–Trinajstić information content (AvgIpc) is 3.45. The Morgan fingerprint density at radius 3 is 2.73 bits per heavy atom. The summed E-state index contributed by atoms with van der Waals surface area (Å²) in [7, 11) is 0. The molecule has 4 heterocycles. The van der Waals surface area contributed by atoms with Gasteiger partial charge >= 0.3 is 0 Å². The Balaban J connectivity index is 1.31. The summed E-state index contributed by atoms with van der Waals surface area (Å²) in [5, 5.41) is 21.9. The first-order valence-electron chi connectivity index (χ1n) is 12.4. The second-order valence-electron chi connectivity index (χ2n) is 9.88. The molecule has 2 saturated heterocycles. The van der Waals surface area contributed by atoms with E-state index in [2.05, 4.69) is 15.0 Å². The highest BCUT2D eigenvalue weighted by molar-refractivity contribution is 5.94. The summed E-state index contributed by atoms with van der Waals surface area (Å²) in [6.45, 7) is 3.50. The molecule has 0 aliphatic carbocycles. The van der Waals surface area contributed by atoms with E-state index in [1.54, 1.807) is 40.7 Å². The topological polar surface area (TPSA) is 160 Å². The molecule has 0 unspecified atom stereocenters. The standard InChI is InChI=1S/C25H31N7O5/c1-25(36)11-17(33)12-31(13-19(25)32-15-29-21-22(26)27-14-28-23(21)32)24(35)16-4-6-18(7-5-16)37-10-9-30-8-2-3-20(30)34/h4-7,14-15,17,19,33,36H,2-3,8-13H2,1H3,(H2,26,27,28)/t17-,19+,25+/m0/s1. The summed E-state index contributed by atoms with van der Waals surface area (Å²) in [4.78, 5) is 41.0. The number of benzene rings is 1. The van der Waals surface area contributed by atoms with Gasteiger partial charge in [0.1, 0.15) is 24.2 Å². The van der Waals surface area contributed by atoms with E-state index in [1.165, 1.54) is 17.6 Å². The van der Waals surface area contributed by atoms with Gasteiger partial charge in [0, 0.05) is 38.0 Å². The predicted molar refractivity (Wildman–Crippen MR) is 134 cm³/mol. The van der Waals surface area contributed by atoms with Gasteiger partial charge in [-0.15, -0.1) is 0 Å². The number of likely N-dealkylation sites (tertiary alicyclic amines) is 2. The molecule has 2 aliphatic rings. The smallest absolute Gasteiger partial charge is 0.254 e. The summed E-state index contributed by atoms with van der Waals surface area (Å²) in [6.07, 6.45) is 3.47. The van der Waals surface area contributed by atoms with Crippen molar-refractivity contribution in [2.24, 2.45) is 0 Å². The molecule has 0 saturated carbocycles. The van der Waals surface area contributed by atoms with Crippen molar-refractivity contribution in [3.8, 4) is 5.75 Å². The Bertz CT molecular complexity index is 1290. The van der Waals surface area contributed by atoms with Gasteiger partial charge in [-0.2, -0.15) is 0 Å². The van der Waals surface area contributed by atoms with Crippen molar-refractivity contribution in [3.63, 3.8) is 0 Å². The number of aromatic nitrogens is 4. The minimum absolute atomic E-state index is 0.0635. The molecule has 0 radical (unpaired) electrons. The highest BCUT2D eigenvalue weighted by Gasteiger charge is 2.42. The molecule has 0 bridgehead atoms. The number of aliphatic hydroxyl groups excluding tert-OH is 1. The van der Waals surface area contributed by atoms with Crippen LogP contribution in [0.3, 0.4) is 0 Å². The van der Waals surface area contributed by atoms with Crippen molar-refractivity contribution < 1.29 is 24.5 Å². The third kappa shape index (κ3) is 5.07. The van der Waals surface area contributed by atoms with Crippen molar-refractivity contribution >= 4 is 28.8 Å². The lowest BCUT2D eigenvalue weighted by Gasteiger charge is -2.34. The molecule has 37 heavy (non-hydrogen) atoms. The molecule has 3 atom stereocenters. The summed E-state index contributed by atoms with van der Waals surface area (Å²) in [5.41, 5.74) is 5.86. The molecule has 196 valence electrons. The molecule has 12 heteroatoms. The average molecular weight is 510 g/mol. The zero-order chi connectivity index (χ0) is 26.2. The predicted octanol–water partition coefficient (Wildman–Crippen LogP) is 0.609. The van der Waals surface area contributed by atoms with Gasteiger partial charge in [-0.25, -0.2) is 15.0 Å². The summed E-state index contributed by atoms with van der Waals surface area (Å²) in [5.74, 6) is 0.692. The second kappa shape index (κ2) is 9.94. The quantitative estimate of drug-likeness (QED) is 0.432. The Kier molecular flexibility index (Phi) is 6.69. The van der Waals surface area contributed by atoms with Crippen LogP contribution in [0.25, 0.3) is 11.2 Å². The maximum atomic E-state index is 13.5. The third-order valence-electron chi connectivity index (χ3n) is 7.10. The molecule has 0 spiro atoms. The molecule has 1 aromatic carbocycles. The monoisotopic (exact) mass is 509 g/mol. The summed E-state index contributed by atoms with van der Waals surface area (Å²) < 4.78 is 7.44. The van der Waals surface area contributed by atoms with Crippen molar-refractivity contribution in [1.29, 1.82) is 0 Å². The molecular weight excluding hydrogens is 478 g/mol. The van der Waals surface area contributed by atoms with Crippen LogP contribution in [0.5, 0.6) is 5.75 Å². The molecule has 2 amide bonds. The van der Waals surface area contributed by atoms with Crippen LogP contribution < -0.4 is 10.5 Å². The van der Waals surface area contributed by atoms with Crippen LogP contribution in [0.2, 0.25) is 0 Å². The summed E-state index contributed by atoms with van der Waals surface area (Å²) in [6, 6.07) is 6.13. The van der Waals surface area contributed by atoms with Crippen LogP contribution >= 0.6 is 0 Å². The Morgan fingerprint density at radius 2 is 2.00 bits per heavy atom. The maximum absolute atomic E-state index is 13.5. The van der Waals surface area contributed by atoms with Gasteiger partial charge in [0.05, 0.1) is 30.6 Å². The number of fused-ring (bicyclic) bond motifs is 1. The molecule has 3 aromatic rings. The van der Waals surface area contributed by atoms with E-state index in [4.69, 9.17) is 10.5 Å². The normalized spacial score (nSPS) is 24.5. The van der Waals surface area contributed by atoms with E-state index in [1.807, 2.05) is 0 Å². The van der Waals surface area contributed by atoms with E-state index in [0.29, 0.717) is 42.0 Å². The summed E-state index contributed by atoms with van der Waals surface area (Å²) >= 11 is 0. The van der Waals surface area contributed by atoms with Gasteiger partial charge in [0.15, 0.2) is 11.5 Å². The minimum Gasteiger partial charge on any atom is -0.492 e. The fourth-order valence-electron chi connectivity index (χ4n) is 5.15. The number of carbonyl (C=O) groups excluding carboxylic acids is 2. The number of imidazole rings is 1. The molecule has 2 fully saturated rings. The van der Waals surface area contributed by atoms with Gasteiger partial charge in [0.2, 0.25) is 5.91 Å². The number of β-amino-alcohol motifs (C(OH)–C–C–N with tert-alkyl or cyclic N) is 1. The Morgan fingerprint density at radius 1 is 1.22 bits per heavy atom. The molecule has 5 rings (SSSR count). The van der Waals surface area contributed by atoms with Crippen LogP contribution in [0.1, 0.15) is 42.6 Å². The fraction of sp³-hybridized carbons (Fsp3) is 0.480. The molecular formula is C25H31N7O5. The number of hydrogen-bond acceptors (Lipinski definition) is 9. The van der Waals surface area contributed by atoms with Crippen LogP contribution in [0, 0.1) is 0 Å². The van der Waals surface area contributed by atoms with Crippen molar-refractivity contribution in [1.82, 2.24) is 29.3 Å². The zero-order valence-corrected chi connectivity index (χ0v) is 20.7. The SMILES string of the molecule is C[C@@]1(O)C[C@H](O)CN(C(=O)c2ccc(OCCN3CCCC3=O)cc2)C[C@H]1n1cnc2c(N)ncnc21. The minimum atomic E-state index is -1.35. The number of hydrogen-bond donors (Lipinski definition) is 3. The van der Waals surface area contributed by atoms with Crippen molar-refractivity contribution in [2.45, 2.75) is 43.9 Å². The van der Waals surface area contributed by atoms with Crippen LogP contribution in [0.4, 0.5) is 5.82 Å². The number of nitrogens with two attached hydrogens (primary N) is 1. The van der Waals surface area contributed by atoms with Gasteiger partial charge in [0.25, 0.3) is 5.91 Å². The number of amides is 2. The first-order valence-corrected chi connectivity index (χ1v) is 12.4. The zero-order valence-electron chi connectivity index (χ0n) is 20.7. The van der Waals surface area contributed by atoms with E-state index in [9.17, 15) is 19.8 Å². The Labute approximate surface area is 213 Å². The van der Waals surface area contributed by atoms with Crippen LogP contribution in [-0.2, 0) is 4.79 Å². The van der Waals surface area contributed by atoms with E-state index >= 15 is 0 Å². The van der Waals surface area contributed by atoms with E-state index in [-0.39, 0.29) is 37.1 Å². The maximum Gasteiger partial charge on any atom is 0.254 e. The highest BCUT2D eigenvalue weighted by Crippen LogP contribution is 2.34. The second-order valence-corrected chi connectivity index (χ2v) is 9.88. The number of nitrogen functional groups attached to an aromatic ring is 1. The van der Waals surface area contributed by atoms with Crippen LogP contribution in [0.15, 0.2) is 36.9 Å². The number of ether oxygens (including phenoxy) is 1. The lowest BCUT2D eigenvalue weighted by Crippen LogP contribution is -2.42. The molecule has 2 aliphatic heterocycles. The number of nitrogens with zero attached hydrogens (tertiary/aromatic N) is 6. The number of rotatable bonds is 6. The first-order chi connectivity index (χ1) is 17.7. The van der Waals surface area contributed by atoms with E-state index < -0.39 is 17.7 Å². The van der Waals surface area contributed by atoms with Crippen molar-refractivity contribution in [2.75, 3.05) is 38.5 Å². The molecule has 12 nitrogen and oxygen atoms in total. The number of carbonyl (C=O) groups is 2. The van der Waals surface area contributed by atoms with Gasteiger partial charge in [-0.3, -0.25) is 9.59 Å². The third-order valence-corrected chi connectivity index (χ3v) is 7.10. The molecule has 4 N–H and O–H groups in total. The molecule has 2 aromatic heterocycles. The van der Waals surface area contributed by atoms with Gasteiger partial charge < -0.3 is 35.1 Å². The van der Waals surface area contributed by atoms with Gasteiger partial charge in [-0.1, -0.05) is 0 Å². The number of anilines is 1. The highest BCUT2D eigenvalue weighted by atomic mass is 16.5. The van der Waals surface area contributed by atoms with E-state index in [0.717, 1.165) is 13.0 Å². The van der Waals surface area contributed by atoms with Gasteiger partial charge in [-0.05, 0) is 37.6 Å². The lowest BCUT2D eigenvalue weighted by atomic mass is 9.91. The lowest BCUT2D eigenvalue weighted by molar-refractivity contribution is -0.128. The fourth-order valence-corrected chi connectivity index (χ4v) is 5.15.